The zero-order chi connectivity index (χ0) is 23.1. The van der Waals surface area contributed by atoms with E-state index in [4.69, 9.17) is 9.26 Å². The van der Waals surface area contributed by atoms with Crippen molar-refractivity contribution in [3.05, 3.63) is 47.7 Å². The Hall–Kier alpha value is -3.49. The average molecular weight is 451 g/mol. The first kappa shape index (κ1) is 21.4. The van der Waals surface area contributed by atoms with Crippen molar-refractivity contribution < 1.29 is 28.4 Å². The normalized spacial score (nSPS) is 26.4. The number of benzene rings is 1. The van der Waals surface area contributed by atoms with Gasteiger partial charge in [-0.2, -0.15) is 0 Å². The quantitative estimate of drug-likeness (QED) is 0.506. The highest BCUT2D eigenvalue weighted by atomic mass is 16.5. The van der Waals surface area contributed by atoms with Crippen LogP contribution >= 0.6 is 0 Å². The van der Waals surface area contributed by atoms with Crippen LogP contribution in [0.5, 0.6) is 0 Å². The van der Waals surface area contributed by atoms with Crippen molar-refractivity contribution in [2.45, 2.75) is 38.6 Å². The number of esters is 1. The number of carbonyl (C=O) groups is 4. The number of nitrogens with zero attached hydrogens (tertiary/aromatic N) is 2. The van der Waals surface area contributed by atoms with Gasteiger partial charge in [0.25, 0.3) is 5.91 Å². The van der Waals surface area contributed by atoms with E-state index in [9.17, 15) is 19.2 Å². The van der Waals surface area contributed by atoms with Crippen molar-refractivity contribution in [3.8, 4) is 0 Å². The molecule has 9 heteroatoms. The van der Waals surface area contributed by atoms with Crippen molar-refractivity contribution in [1.82, 2.24) is 10.1 Å². The fraction of sp³-hybridized carbons (Fsp3) is 0.458. The van der Waals surface area contributed by atoms with Crippen LogP contribution in [-0.2, 0) is 30.3 Å². The zero-order valence-corrected chi connectivity index (χ0v) is 18.2. The molecular formula is C24H25N3O6. The first-order valence-corrected chi connectivity index (χ1v) is 11.2. The first-order chi connectivity index (χ1) is 15.9. The van der Waals surface area contributed by atoms with Gasteiger partial charge in [0.05, 0.1) is 11.8 Å². The molecule has 33 heavy (non-hydrogen) atoms. The number of hydrogen-bond donors (Lipinski definition) is 1. The standard InChI is InChI=1S/C24H25N3O6/c1-13-9-18(26-33-13)25-19(28)12-32-24(31)17(10-14-5-3-2-4-6-14)27-22(29)20-15-7-8-16(11-15)21(20)23(27)30/h2-6,9,15-17,20-21H,7-8,10-12H2,1H3,(H,25,26,28)/t15-,16-,17+,20-,21+/m0/s1. The Balaban J connectivity index is 1.32. The summed E-state index contributed by atoms with van der Waals surface area (Å²) in [5.74, 6) is -1.43. The molecule has 1 N–H and O–H groups in total. The molecule has 9 nitrogen and oxygen atoms in total. The van der Waals surface area contributed by atoms with Gasteiger partial charge in [0.2, 0.25) is 11.8 Å². The predicted molar refractivity (Wildman–Crippen MR) is 114 cm³/mol. The van der Waals surface area contributed by atoms with E-state index in [-0.39, 0.29) is 47.7 Å². The maximum Gasteiger partial charge on any atom is 0.330 e. The summed E-state index contributed by atoms with van der Waals surface area (Å²) < 4.78 is 10.2. The number of aryl methyl sites for hydroxylation is 1. The monoisotopic (exact) mass is 451 g/mol. The van der Waals surface area contributed by atoms with E-state index in [1.807, 2.05) is 30.3 Å². The van der Waals surface area contributed by atoms with Crippen LogP contribution in [0.4, 0.5) is 5.82 Å². The molecule has 3 aliphatic rings. The van der Waals surface area contributed by atoms with E-state index < -0.39 is 24.5 Å². The van der Waals surface area contributed by atoms with E-state index in [2.05, 4.69) is 10.5 Å². The van der Waals surface area contributed by atoms with Gasteiger partial charge in [-0.05, 0) is 43.6 Å². The van der Waals surface area contributed by atoms with Crippen molar-refractivity contribution in [2.75, 3.05) is 11.9 Å². The van der Waals surface area contributed by atoms with Gasteiger partial charge in [-0.25, -0.2) is 4.79 Å². The Bertz CT molecular complexity index is 1070. The smallest absolute Gasteiger partial charge is 0.330 e. The van der Waals surface area contributed by atoms with Crippen LogP contribution in [0.15, 0.2) is 40.9 Å². The highest BCUT2D eigenvalue weighted by Gasteiger charge is 2.62. The summed E-state index contributed by atoms with van der Waals surface area (Å²) in [6, 6.07) is 9.58. The Morgan fingerprint density at radius 1 is 1.15 bits per heavy atom. The SMILES string of the molecule is Cc1cc(NC(=O)COC(=O)[C@@H](Cc2ccccc2)N2C(=O)[C@@H]3[C@H]4CC[C@@H](C4)[C@@H]3C2=O)no1. The minimum Gasteiger partial charge on any atom is -0.454 e. The van der Waals surface area contributed by atoms with Crippen LogP contribution in [0, 0.1) is 30.6 Å². The Morgan fingerprint density at radius 3 is 2.42 bits per heavy atom. The topological polar surface area (TPSA) is 119 Å². The number of ether oxygens (including phenoxy) is 1. The molecule has 2 bridgehead atoms. The molecular weight excluding hydrogens is 426 g/mol. The average Bonchev–Trinajstić information content (AvgIpc) is 3.57. The Morgan fingerprint density at radius 2 is 1.82 bits per heavy atom. The predicted octanol–water partition coefficient (Wildman–Crippen LogP) is 2.11. The Labute approximate surface area is 190 Å². The van der Waals surface area contributed by atoms with Crippen molar-refractivity contribution in [3.63, 3.8) is 0 Å². The lowest BCUT2D eigenvalue weighted by Gasteiger charge is -2.26. The third kappa shape index (κ3) is 3.92. The Kier molecular flexibility index (Phi) is 5.47. The van der Waals surface area contributed by atoms with Gasteiger partial charge in [0.15, 0.2) is 12.4 Å². The number of carbonyl (C=O) groups excluding carboxylic acids is 4. The molecule has 5 rings (SSSR count). The molecule has 0 spiro atoms. The second-order valence-electron chi connectivity index (χ2n) is 9.12. The van der Waals surface area contributed by atoms with Crippen LogP contribution in [0.1, 0.15) is 30.6 Å². The molecule has 1 aliphatic heterocycles. The van der Waals surface area contributed by atoms with E-state index in [0.717, 1.165) is 29.7 Å². The molecule has 5 atom stereocenters. The number of hydrogen-bond acceptors (Lipinski definition) is 7. The molecule has 2 heterocycles. The molecule has 0 unspecified atom stereocenters. The molecule has 0 radical (unpaired) electrons. The number of aromatic nitrogens is 1. The second kappa shape index (κ2) is 8.46. The molecule has 2 aromatic rings. The van der Waals surface area contributed by atoms with Crippen LogP contribution in [0.25, 0.3) is 0 Å². The van der Waals surface area contributed by atoms with Gasteiger partial charge in [0.1, 0.15) is 11.8 Å². The summed E-state index contributed by atoms with van der Waals surface area (Å²) in [5.41, 5.74) is 0.794. The maximum atomic E-state index is 13.3. The molecule has 3 amide bonds. The van der Waals surface area contributed by atoms with Crippen molar-refractivity contribution in [2.24, 2.45) is 23.7 Å². The fourth-order valence-electron chi connectivity index (χ4n) is 5.69. The molecule has 1 saturated heterocycles. The van der Waals surface area contributed by atoms with Gasteiger partial charge in [-0.1, -0.05) is 35.5 Å². The highest BCUT2D eigenvalue weighted by molar-refractivity contribution is 6.08. The summed E-state index contributed by atoms with van der Waals surface area (Å²) in [4.78, 5) is 53.0. The molecule has 1 aromatic heterocycles. The van der Waals surface area contributed by atoms with Crippen molar-refractivity contribution >= 4 is 29.5 Å². The third-order valence-electron chi connectivity index (χ3n) is 7.06. The van der Waals surface area contributed by atoms with E-state index >= 15 is 0 Å². The zero-order valence-electron chi connectivity index (χ0n) is 18.2. The minimum atomic E-state index is -1.11. The second-order valence-corrected chi connectivity index (χ2v) is 9.12. The van der Waals surface area contributed by atoms with Crippen LogP contribution in [0.2, 0.25) is 0 Å². The first-order valence-electron chi connectivity index (χ1n) is 11.2. The number of amides is 3. The maximum absolute atomic E-state index is 13.3. The number of anilines is 1. The van der Waals surface area contributed by atoms with Crippen LogP contribution in [-0.4, -0.2) is 46.4 Å². The lowest BCUT2D eigenvalue weighted by Crippen LogP contribution is -2.48. The molecule has 2 aliphatic carbocycles. The number of imide groups is 1. The van der Waals surface area contributed by atoms with Gasteiger partial charge in [-0.15, -0.1) is 0 Å². The van der Waals surface area contributed by atoms with Crippen LogP contribution < -0.4 is 5.32 Å². The summed E-state index contributed by atoms with van der Waals surface area (Å²) in [6.45, 7) is 1.12. The fourth-order valence-corrected chi connectivity index (χ4v) is 5.69. The number of fused-ring (bicyclic) bond motifs is 5. The minimum absolute atomic E-state index is 0.135. The molecule has 3 fully saturated rings. The molecule has 1 aromatic carbocycles. The van der Waals surface area contributed by atoms with Crippen LogP contribution in [0.3, 0.4) is 0 Å². The lowest BCUT2D eigenvalue weighted by molar-refractivity contribution is -0.160. The summed E-state index contributed by atoms with van der Waals surface area (Å²) >= 11 is 0. The van der Waals surface area contributed by atoms with Crippen molar-refractivity contribution in [1.29, 1.82) is 0 Å². The van der Waals surface area contributed by atoms with E-state index in [1.165, 1.54) is 6.07 Å². The summed E-state index contributed by atoms with van der Waals surface area (Å²) in [6.07, 6.45) is 2.95. The summed E-state index contributed by atoms with van der Waals surface area (Å²) in [7, 11) is 0. The number of likely N-dealkylation sites (tertiary alicyclic amines) is 1. The lowest BCUT2D eigenvalue weighted by atomic mass is 9.81. The van der Waals surface area contributed by atoms with E-state index in [1.54, 1.807) is 6.92 Å². The summed E-state index contributed by atoms with van der Waals surface area (Å²) in [5, 5.41) is 6.14. The number of rotatable bonds is 7. The highest BCUT2D eigenvalue weighted by Crippen LogP contribution is 2.56. The molecule has 172 valence electrons. The number of nitrogens with one attached hydrogen (secondary N) is 1. The van der Waals surface area contributed by atoms with E-state index in [0.29, 0.717) is 5.76 Å². The molecule has 2 saturated carbocycles. The third-order valence-corrected chi connectivity index (χ3v) is 7.06. The van der Waals surface area contributed by atoms with Gasteiger partial charge in [0, 0.05) is 12.5 Å². The van der Waals surface area contributed by atoms with Gasteiger partial charge < -0.3 is 14.6 Å². The largest absolute Gasteiger partial charge is 0.454 e. The van der Waals surface area contributed by atoms with Gasteiger partial charge in [-0.3, -0.25) is 19.3 Å². The van der Waals surface area contributed by atoms with Gasteiger partial charge >= 0.3 is 5.97 Å².